The predicted octanol–water partition coefficient (Wildman–Crippen LogP) is 2.84. The molecule has 0 aliphatic rings. The van der Waals surface area contributed by atoms with Crippen molar-refractivity contribution < 1.29 is 0 Å². The molecule has 100 valence electrons. The Hall–Kier alpha value is -1.86. The quantitative estimate of drug-likeness (QED) is 0.864. The van der Waals surface area contributed by atoms with Crippen LogP contribution in [0.2, 0.25) is 0 Å². The van der Waals surface area contributed by atoms with Gasteiger partial charge in [0.15, 0.2) is 0 Å². The maximum Gasteiger partial charge on any atom is 0.123 e. The molecule has 2 aromatic rings. The number of benzene rings is 1. The van der Waals surface area contributed by atoms with Crippen molar-refractivity contribution in [2.24, 2.45) is 0 Å². The molecule has 0 saturated heterocycles. The number of hydrogen-bond donors (Lipinski definition) is 1. The van der Waals surface area contributed by atoms with E-state index in [2.05, 4.69) is 40.9 Å². The topological polar surface area (TPSA) is 53.6 Å². The molecule has 0 radical (unpaired) electrons. The molecular weight excluding hydrogens is 236 g/mol. The van der Waals surface area contributed by atoms with Gasteiger partial charge in [-0.15, -0.1) is 0 Å². The third-order valence-electron chi connectivity index (χ3n) is 3.43. The number of nitrogens with one attached hydrogen (secondary N) is 1. The van der Waals surface area contributed by atoms with Crippen molar-refractivity contribution in [2.45, 2.75) is 45.8 Å². The van der Waals surface area contributed by atoms with Gasteiger partial charge < -0.3 is 9.88 Å². The summed E-state index contributed by atoms with van der Waals surface area (Å²) >= 11 is 0. The largest absolute Gasteiger partial charge is 0.327 e. The maximum absolute atomic E-state index is 8.77. The minimum Gasteiger partial charge on any atom is -0.327 e. The summed E-state index contributed by atoms with van der Waals surface area (Å²) in [6, 6.07) is 10.7. The molecule has 1 unspecified atom stereocenters. The standard InChI is InChI=1S/C15H20N4/c1-3-12(9-10-16)17-11-15-18-13-7-5-6-8-14(13)19(15)4-2/h5-8,12,17H,3-4,9,11H2,1-2H3. The molecule has 1 aromatic carbocycles. The van der Waals surface area contributed by atoms with Crippen LogP contribution in [0.3, 0.4) is 0 Å². The fourth-order valence-electron chi connectivity index (χ4n) is 2.32. The summed E-state index contributed by atoms with van der Waals surface area (Å²) < 4.78 is 2.22. The Labute approximate surface area is 114 Å². The first-order valence-corrected chi connectivity index (χ1v) is 6.84. The van der Waals surface area contributed by atoms with Gasteiger partial charge in [-0.2, -0.15) is 5.26 Å². The van der Waals surface area contributed by atoms with Crippen LogP contribution in [0.1, 0.15) is 32.5 Å². The van der Waals surface area contributed by atoms with Crippen LogP contribution in [0.4, 0.5) is 0 Å². The molecule has 0 aliphatic carbocycles. The zero-order valence-electron chi connectivity index (χ0n) is 11.6. The lowest BCUT2D eigenvalue weighted by molar-refractivity contribution is 0.487. The normalized spacial score (nSPS) is 12.5. The number of imidazole rings is 1. The molecule has 4 heteroatoms. The number of nitriles is 1. The summed E-state index contributed by atoms with van der Waals surface area (Å²) in [6.45, 7) is 5.84. The molecule has 4 nitrogen and oxygen atoms in total. The second-order valence-electron chi connectivity index (χ2n) is 4.61. The van der Waals surface area contributed by atoms with E-state index in [1.807, 2.05) is 18.2 Å². The number of fused-ring (bicyclic) bond motifs is 1. The van der Waals surface area contributed by atoms with E-state index < -0.39 is 0 Å². The van der Waals surface area contributed by atoms with Gasteiger partial charge in [0.05, 0.1) is 30.1 Å². The molecular formula is C15H20N4. The highest BCUT2D eigenvalue weighted by Crippen LogP contribution is 2.16. The zero-order valence-corrected chi connectivity index (χ0v) is 11.6. The minimum absolute atomic E-state index is 0.245. The SMILES string of the molecule is CCC(CC#N)NCc1nc2ccccc2n1CC. The Morgan fingerprint density at radius 2 is 2.16 bits per heavy atom. The van der Waals surface area contributed by atoms with Gasteiger partial charge in [-0.3, -0.25) is 0 Å². The van der Waals surface area contributed by atoms with Crippen LogP contribution in [-0.2, 0) is 13.1 Å². The summed E-state index contributed by atoms with van der Waals surface area (Å²) in [5.41, 5.74) is 2.21. The second-order valence-corrected chi connectivity index (χ2v) is 4.61. The van der Waals surface area contributed by atoms with Gasteiger partial charge in [0, 0.05) is 12.6 Å². The Morgan fingerprint density at radius 1 is 1.37 bits per heavy atom. The summed E-state index contributed by atoms with van der Waals surface area (Å²) in [5.74, 6) is 1.04. The maximum atomic E-state index is 8.77. The van der Waals surface area contributed by atoms with E-state index >= 15 is 0 Å². The molecule has 19 heavy (non-hydrogen) atoms. The van der Waals surface area contributed by atoms with E-state index in [0.717, 1.165) is 24.3 Å². The molecule has 1 heterocycles. The third kappa shape index (κ3) is 2.94. The summed E-state index contributed by atoms with van der Waals surface area (Å²) in [5, 5.41) is 12.2. The van der Waals surface area contributed by atoms with Gasteiger partial charge in [-0.1, -0.05) is 19.1 Å². The van der Waals surface area contributed by atoms with Gasteiger partial charge in [-0.25, -0.2) is 4.98 Å². The van der Waals surface area contributed by atoms with Gasteiger partial charge in [0.2, 0.25) is 0 Å². The lowest BCUT2D eigenvalue weighted by atomic mass is 10.2. The smallest absolute Gasteiger partial charge is 0.123 e. The second kappa shape index (κ2) is 6.35. The number of rotatable bonds is 6. The first-order chi connectivity index (χ1) is 9.30. The van der Waals surface area contributed by atoms with Crippen LogP contribution in [0.15, 0.2) is 24.3 Å². The van der Waals surface area contributed by atoms with Crippen LogP contribution in [0.5, 0.6) is 0 Å². The molecule has 0 fully saturated rings. The van der Waals surface area contributed by atoms with Crippen molar-refractivity contribution in [3.8, 4) is 6.07 Å². The monoisotopic (exact) mass is 256 g/mol. The number of hydrogen-bond acceptors (Lipinski definition) is 3. The van der Waals surface area contributed by atoms with E-state index in [4.69, 9.17) is 5.26 Å². The van der Waals surface area contributed by atoms with Gasteiger partial charge in [0.1, 0.15) is 5.82 Å². The van der Waals surface area contributed by atoms with E-state index in [-0.39, 0.29) is 6.04 Å². The van der Waals surface area contributed by atoms with E-state index in [1.165, 1.54) is 5.52 Å². The van der Waals surface area contributed by atoms with Crippen molar-refractivity contribution in [2.75, 3.05) is 0 Å². The van der Waals surface area contributed by atoms with Crippen LogP contribution in [-0.4, -0.2) is 15.6 Å². The molecule has 1 N–H and O–H groups in total. The Kier molecular flexibility index (Phi) is 4.53. The van der Waals surface area contributed by atoms with Crippen molar-refractivity contribution in [1.29, 1.82) is 5.26 Å². The molecule has 0 aliphatic heterocycles. The van der Waals surface area contributed by atoms with Gasteiger partial charge in [0.25, 0.3) is 0 Å². The first kappa shape index (κ1) is 13.6. The number of para-hydroxylation sites is 2. The molecule has 0 saturated carbocycles. The highest BCUT2D eigenvalue weighted by molar-refractivity contribution is 5.75. The summed E-state index contributed by atoms with van der Waals surface area (Å²) in [7, 11) is 0. The molecule has 1 atom stereocenters. The fraction of sp³-hybridized carbons (Fsp3) is 0.467. The Morgan fingerprint density at radius 3 is 2.84 bits per heavy atom. The average Bonchev–Trinajstić information content (AvgIpc) is 2.80. The lowest BCUT2D eigenvalue weighted by Crippen LogP contribution is -2.28. The Bertz CT molecular complexity index is 579. The number of nitrogens with zero attached hydrogens (tertiary/aromatic N) is 3. The van der Waals surface area contributed by atoms with E-state index in [0.29, 0.717) is 13.0 Å². The van der Waals surface area contributed by atoms with E-state index in [1.54, 1.807) is 0 Å². The molecule has 0 amide bonds. The summed E-state index contributed by atoms with van der Waals surface area (Å²) in [6.07, 6.45) is 1.50. The molecule has 0 bridgehead atoms. The highest BCUT2D eigenvalue weighted by Gasteiger charge is 2.11. The average molecular weight is 256 g/mol. The fourth-order valence-corrected chi connectivity index (χ4v) is 2.32. The van der Waals surface area contributed by atoms with Crippen molar-refractivity contribution in [3.05, 3.63) is 30.1 Å². The van der Waals surface area contributed by atoms with Crippen LogP contribution in [0, 0.1) is 11.3 Å². The number of aryl methyl sites for hydroxylation is 1. The number of aromatic nitrogens is 2. The Balaban J connectivity index is 2.18. The third-order valence-corrected chi connectivity index (χ3v) is 3.43. The van der Waals surface area contributed by atoms with Gasteiger partial charge in [-0.05, 0) is 25.5 Å². The molecule has 1 aromatic heterocycles. The van der Waals surface area contributed by atoms with Crippen molar-refractivity contribution in [1.82, 2.24) is 14.9 Å². The van der Waals surface area contributed by atoms with Crippen LogP contribution >= 0.6 is 0 Å². The lowest BCUT2D eigenvalue weighted by Gasteiger charge is -2.13. The van der Waals surface area contributed by atoms with Gasteiger partial charge >= 0.3 is 0 Å². The molecule has 2 rings (SSSR count). The molecule has 0 spiro atoms. The predicted molar refractivity (Wildman–Crippen MR) is 76.6 cm³/mol. The van der Waals surface area contributed by atoms with Crippen LogP contribution in [0.25, 0.3) is 11.0 Å². The van der Waals surface area contributed by atoms with Crippen molar-refractivity contribution in [3.63, 3.8) is 0 Å². The first-order valence-electron chi connectivity index (χ1n) is 6.84. The van der Waals surface area contributed by atoms with Crippen LogP contribution < -0.4 is 5.32 Å². The van der Waals surface area contributed by atoms with E-state index in [9.17, 15) is 0 Å². The van der Waals surface area contributed by atoms with Crippen molar-refractivity contribution >= 4 is 11.0 Å². The zero-order chi connectivity index (χ0) is 13.7. The summed E-state index contributed by atoms with van der Waals surface area (Å²) in [4.78, 5) is 4.67. The highest BCUT2D eigenvalue weighted by atomic mass is 15.1. The minimum atomic E-state index is 0.245.